The van der Waals surface area contributed by atoms with Gasteiger partial charge in [-0.15, -0.1) is 11.8 Å². The Morgan fingerprint density at radius 2 is 1.65 bits per heavy atom. The smallest absolute Gasteiger partial charge is 0.250 e. The molecular formula is C19H22N4O2S. The van der Waals surface area contributed by atoms with E-state index in [1.165, 1.54) is 11.8 Å². The quantitative estimate of drug-likeness (QED) is 0.553. The first kappa shape index (κ1) is 19.5. The molecule has 0 aliphatic heterocycles. The number of carbonyl (C=O) groups is 2. The first-order chi connectivity index (χ1) is 12.5. The van der Waals surface area contributed by atoms with Gasteiger partial charge in [-0.25, -0.2) is 5.43 Å². The van der Waals surface area contributed by atoms with E-state index in [1.807, 2.05) is 73.6 Å². The maximum atomic E-state index is 11.8. The van der Waals surface area contributed by atoms with Crippen molar-refractivity contribution in [1.29, 1.82) is 0 Å². The molecule has 0 aromatic heterocycles. The number of nitrogens with zero attached hydrogens (tertiary/aromatic N) is 2. The summed E-state index contributed by atoms with van der Waals surface area (Å²) in [7, 11) is 3.95. The number of hydrogen-bond acceptors (Lipinski definition) is 5. The second kappa shape index (κ2) is 10.2. The molecule has 2 rings (SSSR count). The highest BCUT2D eigenvalue weighted by atomic mass is 32.2. The van der Waals surface area contributed by atoms with Crippen LogP contribution in [0.2, 0.25) is 0 Å². The predicted molar refractivity (Wildman–Crippen MR) is 109 cm³/mol. The number of nitrogens with one attached hydrogen (secondary N) is 2. The van der Waals surface area contributed by atoms with E-state index in [-0.39, 0.29) is 23.3 Å². The molecule has 2 N–H and O–H groups in total. The standard InChI is InChI=1S/C19H22N4O2S/c1-23(2)17-10-8-15(9-11-17)12-20-22-19(25)14-26-13-18(24)21-16-6-4-3-5-7-16/h3-12H,13-14H2,1-2H3,(H,21,24)(H,22,25). The van der Waals surface area contributed by atoms with E-state index in [2.05, 4.69) is 15.8 Å². The van der Waals surface area contributed by atoms with Crippen LogP contribution in [0.15, 0.2) is 59.7 Å². The summed E-state index contributed by atoms with van der Waals surface area (Å²) in [5, 5.41) is 6.70. The van der Waals surface area contributed by atoms with Gasteiger partial charge >= 0.3 is 0 Å². The number of thioether (sulfide) groups is 1. The van der Waals surface area contributed by atoms with Crippen molar-refractivity contribution >= 4 is 41.2 Å². The fourth-order valence-electron chi connectivity index (χ4n) is 2.02. The van der Waals surface area contributed by atoms with E-state index in [9.17, 15) is 9.59 Å². The number of carbonyl (C=O) groups excluding carboxylic acids is 2. The molecular weight excluding hydrogens is 348 g/mol. The van der Waals surface area contributed by atoms with Gasteiger partial charge in [0.05, 0.1) is 17.7 Å². The lowest BCUT2D eigenvalue weighted by Crippen LogP contribution is -2.21. The fourth-order valence-corrected chi connectivity index (χ4v) is 2.63. The molecule has 7 heteroatoms. The third kappa shape index (κ3) is 6.98. The number of rotatable bonds is 8. The summed E-state index contributed by atoms with van der Waals surface area (Å²) >= 11 is 1.24. The van der Waals surface area contributed by atoms with Crippen LogP contribution in [0.4, 0.5) is 11.4 Å². The molecule has 0 saturated heterocycles. The van der Waals surface area contributed by atoms with Crippen molar-refractivity contribution in [3.63, 3.8) is 0 Å². The summed E-state index contributed by atoms with van der Waals surface area (Å²) in [4.78, 5) is 25.5. The van der Waals surface area contributed by atoms with Gasteiger partial charge in [-0.1, -0.05) is 30.3 Å². The van der Waals surface area contributed by atoms with E-state index in [0.717, 1.165) is 16.9 Å². The predicted octanol–water partition coefficient (Wildman–Crippen LogP) is 2.57. The molecule has 2 amide bonds. The Hall–Kier alpha value is -2.80. The molecule has 0 fully saturated rings. The summed E-state index contributed by atoms with van der Waals surface area (Å²) in [6, 6.07) is 17.0. The Balaban J connectivity index is 1.66. The zero-order chi connectivity index (χ0) is 18.8. The zero-order valence-electron chi connectivity index (χ0n) is 14.8. The van der Waals surface area contributed by atoms with Crippen molar-refractivity contribution in [2.45, 2.75) is 0 Å². The summed E-state index contributed by atoms with van der Waals surface area (Å²) in [6.07, 6.45) is 1.59. The average molecular weight is 370 g/mol. The maximum absolute atomic E-state index is 11.8. The minimum absolute atomic E-state index is 0.140. The van der Waals surface area contributed by atoms with Crippen LogP contribution in [-0.4, -0.2) is 43.6 Å². The Kier molecular flexibility index (Phi) is 7.70. The Morgan fingerprint density at radius 1 is 1.00 bits per heavy atom. The molecule has 6 nitrogen and oxygen atoms in total. The molecule has 2 aromatic rings. The largest absolute Gasteiger partial charge is 0.378 e. The molecule has 0 spiro atoms. The van der Waals surface area contributed by atoms with Gasteiger partial charge in [0.25, 0.3) is 0 Å². The second-order valence-electron chi connectivity index (χ2n) is 5.69. The van der Waals surface area contributed by atoms with E-state index in [1.54, 1.807) is 6.21 Å². The summed E-state index contributed by atoms with van der Waals surface area (Å²) in [6.45, 7) is 0. The molecule has 0 aliphatic carbocycles. The van der Waals surface area contributed by atoms with Crippen molar-refractivity contribution in [3.8, 4) is 0 Å². The normalized spacial score (nSPS) is 10.5. The molecule has 0 heterocycles. The number of hydrazone groups is 1. The topological polar surface area (TPSA) is 73.8 Å². The summed E-state index contributed by atoms with van der Waals surface area (Å²) in [5.41, 5.74) is 5.19. The van der Waals surface area contributed by atoms with Crippen LogP contribution in [-0.2, 0) is 9.59 Å². The lowest BCUT2D eigenvalue weighted by molar-refractivity contribution is -0.118. The van der Waals surface area contributed by atoms with Gasteiger partial charge in [0.1, 0.15) is 0 Å². The van der Waals surface area contributed by atoms with Crippen molar-refractivity contribution in [3.05, 3.63) is 60.2 Å². The Labute approximate surface area is 157 Å². The van der Waals surface area contributed by atoms with Crippen LogP contribution in [0.25, 0.3) is 0 Å². The molecule has 2 aromatic carbocycles. The van der Waals surface area contributed by atoms with Crippen molar-refractivity contribution in [1.82, 2.24) is 5.43 Å². The SMILES string of the molecule is CN(C)c1ccc(C=NNC(=O)CSCC(=O)Nc2ccccc2)cc1. The zero-order valence-corrected chi connectivity index (χ0v) is 15.6. The first-order valence-corrected chi connectivity index (χ1v) is 9.22. The molecule has 0 saturated carbocycles. The monoisotopic (exact) mass is 370 g/mol. The number of anilines is 2. The van der Waals surface area contributed by atoms with E-state index >= 15 is 0 Å². The van der Waals surface area contributed by atoms with Gasteiger partial charge in [-0.05, 0) is 29.8 Å². The van der Waals surface area contributed by atoms with E-state index in [4.69, 9.17) is 0 Å². The molecule has 0 atom stereocenters. The van der Waals surface area contributed by atoms with Crippen LogP contribution >= 0.6 is 11.8 Å². The Bertz CT molecular complexity index is 746. The summed E-state index contributed by atoms with van der Waals surface area (Å²) < 4.78 is 0. The highest BCUT2D eigenvalue weighted by molar-refractivity contribution is 8.00. The van der Waals surface area contributed by atoms with Gasteiger partial charge in [0, 0.05) is 25.5 Å². The van der Waals surface area contributed by atoms with Gasteiger partial charge < -0.3 is 10.2 Å². The van der Waals surface area contributed by atoms with Gasteiger partial charge in [-0.3, -0.25) is 9.59 Å². The van der Waals surface area contributed by atoms with Crippen LogP contribution in [0.1, 0.15) is 5.56 Å². The third-order valence-corrected chi connectivity index (χ3v) is 4.27. The van der Waals surface area contributed by atoms with Crippen molar-refractivity contribution < 1.29 is 9.59 Å². The average Bonchev–Trinajstić information content (AvgIpc) is 2.63. The van der Waals surface area contributed by atoms with Gasteiger partial charge in [0.15, 0.2) is 0 Å². The van der Waals surface area contributed by atoms with Crippen LogP contribution in [0.5, 0.6) is 0 Å². The van der Waals surface area contributed by atoms with E-state index in [0.29, 0.717) is 0 Å². The fraction of sp³-hybridized carbons (Fsp3) is 0.211. The highest BCUT2D eigenvalue weighted by Crippen LogP contribution is 2.11. The maximum Gasteiger partial charge on any atom is 0.250 e. The number of amides is 2. The van der Waals surface area contributed by atoms with Crippen molar-refractivity contribution in [2.75, 3.05) is 35.8 Å². The van der Waals surface area contributed by atoms with Crippen LogP contribution in [0.3, 0.4) is 0 Å². The minimum atomic E-state index is -0.247. The molecule has 136 valence electrons. The molecule has 0 aliphatic rings. The molecule has 0 unspecified atom stereocenters. The third-order valence-electron chi connectivity index (χ3n) is 3.34. The lowest BCUT2D eigenvalue weighted by Gasteiger charge is -2.11. The molecule has 0 bridgehead atoms. The first-order valence-electron chi connectivity index (χ1n) is 8.06. The minimum Gasteiger partial charge on any atom is -0.378 e. The summed E-state index contributed by atoms with van der Waals surface area (Å²) in [5.74, 6) is -0.0147. The van der Waals surface area contributed by atoms with E-state index < -0.39 is 0 Å². The van der Waals surface area contributed by atoms with Gasteiger partial charge in [0.2, 0.25) is 11.8 Å². The molecule has 0 radical (unpaired) electrons. The number of benzene rings is 2. The highest BCUT2D eigenvalue weighted by Gasteiger charge is 2.05. The second-order valence-corrected chi connectivity index (χ2v) is 6.67. The Morgan fingerprint density at radius 3 is 2.31 bits per heavy atom. The van der Waals surface area contributed by atoms with Crippen LogP contribution < -0.4 is 15.6 Å². The molecule has 26 heavy (non-hydrogen) atoms. The lowest BCUT2D eigenvalue weighted by atomic mass is 10.2. The van der Waals surface area contributed by atoms with Gasteiger partial charge in [-0.2, -0.15) is 5.10 Å². The van der Waals surface area contributed by atoms with Crippen LogP contribution in [0, 0.1) is 0 Å². The van der Waals surface area contributed by atoms with Crippen molar-refractivity contribution in [2.24, 2.45) is 5.10 Å². The number of para-hydroxylation sites is 1. The number of hydrogen-bond donors (Lipinski definition) is 2.